The third-order valence-electron chi connectivity index (χ3n) is 5.51. The molecule has 0 aliphatic rings. The van der Waals surface area contributed by atoms with Crippen LogP contribution in [0.1, 0.15) is 32.8 Å². The third kappa shape index (κ3) is 6.19. The van der Waals surface area contributed by atoms with Crippen LogP contribution in [0.5, 0.6) is 0 Å². The summed E-state index contributed by atoms with van der Waals surface area (Å²) in [4.78, 5) is 11.7. The van der Waals surface area contributed by atoms with Crippen LogP contribution in [-0.4, -0.2) is 38.9 Å². The molecule has 3 rings (SSSR count). The lowest BCUT2D eigenvalue weighted by Crippen LogP contribution is -2.59. The van der Waals surface area contributed by atoms with Crippen molar-refractivity contribution in [1.29, 1.82) is 0 Å². The first-order valence-corrected chi connectivity index (χ1v) is 14.6. The Hall–Kier alpha value is -3.24. The van der Waals surface area contributed by atoms with Crippen molar-refractivity contribution in [3.05, 3.63) is 96.6 Å². The summed E-state index contributed by atoms with van der Waals surface area (Å²) in [7, 11) is -10.4. The van der Waals surface area contributed by atoms with E-state index in [-0.39, 0.29) is 12.8 Å². The second-order valence-corrected chi connectivity index (χ2v) is 13.8. The molecule has 0 radical (unpaired) electrons. The van der Waals surface area contributed by atoms with Gasteiger partial charge in [0.1, 0.15) is 5.60 Å². The highest BCUT2D eigenvalue weighted by atomic mass is 32.3. The van der Waals surface area contributed by atoms with Crippen molar-refractivity contribution in [2.24, 2.45) is 0 Å². The maximum atomic E-state index is 17.4. The minimum atomic E-state index is -5.22. The smallest absolute Gasteiger partial charge is 0.408 e. The highest BCUT2D eigenvalue weighted by Gasteiger charge is 2.63. The molecule has 0 fully saturated rings. The predicted molar refractivity (Wildman–Crippen MR) is 139 cm³/mol. The number of carbonyl (C=O) groups excluding carboxylic acids is 1. The molecule has 3 aromatic carbocycles. The number of halogens is 1. The van der Waals surface area contributed by atoms with Gasteiger partial charge in [-0.15, -0.1) is 0 Å². The van der Waals surface area contributed by atoms with Crippen LogP contribution in [0.15, 0.2) is 101 Å². The number of hydrogen-bond acceptors (Lipinski definition) is 6. The van der Waals surface area contributed by atoms with Crippen molar-refractivity contribution in [1.82, 2.24) is 5.32 Å². The monoisotopic (exact) mass is 547 g/mol. The number of amides is 1. The number of sulfone groups is 2. The van der Waals surface area contributed by atoms with Crippen LogP contribution in [0.3, 0.4) is 0 Å². The lowest BCUT2D eigenvalue weighted by molar-refractivity contribution is 0.0478. The summed E-state index contributed by atoms with van der Waals surface area (Å²) < 4.78 is 74.1. The molecule has 0 aromatic heterocycles. The molecule has 7 nitrogen and oxygen atoms in total. The average Bonchev–Trinajstić information content (AvgIpc) is 2.86. The van der Waals surface area contributed by atoms with Crippen LogP contribution >= 0.6 is 0 Å². The summed E-state index contributed by atoms with van der Waals surface area (Å²) in [6.45, 7) is 4.74. The van der Waals surface area contributed by atoms with Gasteiger partial charge in [0.05, 0.1) is 15.8 Å². The van der Waals surface area contributed by atoms with Crippen molar-refractivity contribution in [2.75, 3.05) is 0 Å². The first-order valence-electron chi connectivity index (χ1n) is 11.6. The van der Waals surface area contributed by atoms with Crippen LogP contribution in [0.4, 0.5) is 9.18 Å². The molecule has 10 heteroatoms. The zero-order chi connectivity index (χ0) is 27.3. The first kappa shape index (κ1) is 28.3. The van der Waals surface area contributed by atoms with Crippen LogP contribution < -0.4 is 5.32 Å². The van der Waals surface area contributed by atoms with E-state index in [1.165, 1.54) is 36.4 Å². The molecule has 0 saturated heterocycles. The van der Waals surface area contributed by atoms with E-state index in [0.29, 0.717) is 5.56 Å². The molecular formula is C27H30FNO6S2. The minimum absolute atomic E-state index is 0.0849. The van der Waals surface area contributed by atoms with E-state index in [4.69, 9.17) is 4.74 Å². The second-order valence-electron chi connectivity index (χ2n) is 9.44. The van der Waals surface area contributed by atoms with Crippen molar-refractivity contribution >= 4 is 25.8 Å². The fraction of sp³-hybridized carbons (Fsp3) is 0.296. The lowest BCUT2D eigenvalue weighted by atomic mass is 10.1. The van der Waals surface area contributed by atoms with Crippen LogP contribution in [0.25, 0.3) is 0 Å². The van der Waals surface area contributed by atoms with Gasteiger partial charge in [-0.25, -0.2) is 26.0 Å². The zero-order valence-corrected chi connectivity index (χ0v) is 22.4. The lowest BCUT2D eigenvalue weighted by Gasteiger charge is -2.34. The SMILES string of the molecule is CC(C)(C)OC(=O)NC(CCc1ccccc1)C(F)(S(=O)(=O)c1ccccc1)S(=O)(=O)c1ccccc1. The molecule has 1 atom stereocenters. The Balaban J connectivity index is 2.22. The normalized spacial score (nSPS) is 13.5. The molecule has 1 N–H and O–H groups in total. The van der Waals surface area contributed by atoms with Gasteiger partial charge in [0, 0.05) is 0 Å². The maximum absolute atomic E-state index is 17.4. The van der Waals surface area contributed by atoms with Gasteiger partial charge >= 0.3 is 10.4 Å². The molecule has 0 aliphatic heterocycles. The Morgan fingerprint density at radius 1 is 0.784 bits per heavy atom. The van der Waals surface area contributed by atoms with Crippen molar-refractivity contribution in [2.45, 2.75) is 59.4 Å². The van der Waals surface area contributed by atoms with Gasteiger partial charge in [-0.2, -0.15) is 0 Å². The van der Waals surface area contributed by atoms with Gasteiger partial charge < -0.3 is 10.1 Å². The van der Waals surface area contributed by atoms with E-state index in [1.54, 1.807) is 51.1 Å². The number of aryl methyl sites for hydroxylation is 1. The molecule has 3 aromatic rings. The topological polar surface area (TPSA) is 107 Å². The number of benzene rings is 3. The van der Waals surface area contributed by atoms with Crippen molar-refractivity contribution < 1.29 is 30.8 Å². The zero-order valence-electron chi connectivity index (χ0n) is 20.8. The van der Waals surface area contributed by atoms with Gasteiger partial charge in [-0.3, -0.25) is 0 Å². The molecule has 1 unspecified atom stereocenters. The Morgan fingerprint density at radius 2 is 1.19 bits per heavy atom. The van der Waals surface area contributed by atoms with Gasteiger partial charge in [-0.1, -0.05) is 66.7 Å². The standard InChI is InChI=1S/C27H30FNO6S2/c1-26(2,3)35-25(30)29-24(20-19-21-13-7-4-8-14-21)27(28,36(31,32)22-15-9-5-10-16-22)37(33,34)23-17-11-6-12-18-23/h4-18,24H,19-20H2,1-3H3,(H,29,30). The van der Waals surface area contributed by atoms with E-state index in [9.17, 15) is 21.6 Å². The number of carbonyl (C=O) groups is 1. The average molecular weight is 548 g/mol. The predicted octanol–water partition coefficient (Wildman–Crippen LogP) is 5.08. The van der Waals surface area contributed by atoms with E-state index in [2.05, 4.69) is 5.32 Å². The first-order chi connectivity index (χ1) is 17.3. The van der Waals surface area contributed by atoms with Gasteiger partial charge in [0.25, 0.3) is 0 Å². The highest BCUT2D eigenvalue weighted by molar-refractivity contribution is 8.10. The number of alkyl carbamates (subject to hydrolysis) is 1. The number of hydrogen-bond donors (Lipinski definition) is 1. The molecule has 37 heavy (non-hydrogen) atoms. The van der Waals surface area contributed by atoms with Crippen molar-refractivity contribution in [3.63, 3.8) is 0 Å². The molecular weight excluding hydrogens is 517 g/mol. The molecule has 0 bridgehead atoms. The minimum Gasteiger partial charge on any atom is -0.444 e. The summed E-state index contributed by atoms with van der Waals surface area (Å²) in [5.74, 6) is 0. The summed E-state index contributed by atoms with van der Waals surface area (Å²) >= 11 is 0. The maximum Gasteiger partial charge on any atom is 0.408 e. The van der Waals surface area contributed by atoms with Crippen molar-refractivity contribution in [3.8, 4) is 0 Å². The molecule has 0 aliphatic carbocycles. The van der Waals surface area contributed by atoms with E-state index < -0.39 is 51.5 Å². The Bertz CT molecular complexity index is 1340. The Kier molecular flexibility index (Phi) is 8.44. The number of ether oxygens (including phenoxy) is 1. The second kappa shape index (κ2) is 11.0. The van der Waals surface area contributed by atoms with Gasteiger partial charge in [0.2, 0.25) is 19.7 Å². The Labute approximate surface area is 217 Å². The summed E-state index contributed by atoms with van der Waals surface area (Å²) in [6.07, 6.45) is -1.40. The van der Waals surface area contributed by atoms with Crippen LogP contribution in [0, 0.1) is 0 Å². The van der Waals surface area contributed by atoms with E-state index in [1.807, 2.05) is 0 Å². The summed E-state index contributed by atoms with van der Waals surface area (Å²) in [6, 6.07) is 19.7. The van der Waals surface area contributed by atoms with Crippen LogP contribution in [0.2, 0.25) is 0 Å². The highest BCUT2D eigenvalue weighted by Crippen LogP contribution is 2.41. The molecule has 198 valence electrons. The van der Waals surface area contributed by atoms with Gasteiger partial charge in [0.15, 0.2) is 0 Å². The molecule has 1 amide bonds. The quantitative estimate of drug-likeness (QED) is 0.400. The molecule has 0 spiro atoms. The fourth-order valence-electron chi connectivity index (χ4n) is 3.78. The fourth-order valence-corrected chi connectivity index (χ4v) is 8.29. The largest absolute Gasteiger partial charge is 0.444 e. The number of alkyl halides is 1. The van der Waals surface area contributed by atoms with Gasteiger partial charge in [-0.05, 0) is 63.4 Å². The Morgan fingerprint density at radius 3 is 1.59 bits per heavy atom. The van der Waals surface area contributed by atoms with E-state index in [0.717, 1.165) is 24.3 Å². The summed E-state index contributed by atoms with van der Waals surface area (Å²) in [5, 5.41) is 2.24. The van der Waals surface area contributed by atoms with Crippen LogP contribution in [-0.2, 0) is 30.8 Å². The third-order valence-corrected chi connectivity index (χ3v) is 10.6. The van der Waals surface area contributed by atoms with E-state index >= 15 is 4.39 Å². The summed E-state index contributed by atoms with van der Waals surface area (Å²) in [5.41, 5.74) is -0.293. The molecule has 0 saturated carbocycles. The number of rotatable bonds is 9. The number of nitrogens with one attached hydrogen (secondary N) is 1. The molecule has 0 heterocycles.